The van der Waals surface area contributed by atoms with E-state index in [1.807, 2.05) is 0 Å². The lowest BCUT2D eigenvalue weighted by atomic mass is 9.81. The van der Waals surface area contributed by atoms with E-state index in [0.29, 0.717) is 17.4 Å². The summed E-state index contributed by atoms with van der Waals surface area (Å²) >= 11 is 0. The van der Waals surface area contributed by atoms with Crippen LogP contribution in [0, 0.1) is 0 Å². The fourth-order valence-electron chi connectivity index (χ4n) is 4.25. The topological polar surface area (TPSA) is 46.2 Å². The van der Waals surface area contributed by atoms with Crippen molar-refractivity contribution < 1.29 is 5.11 Å². The lowest BCUT2D eigenvalue weighted by molar-refractivity contribution is 0.416. The molecule has 0 atom stereocenters. The van der Waals surface area contributed by atoms with Gasteiger partial charge in [-0.15, -0.1) is 0 Å². The fraction of sp³-hybridized carbons (Fsp3) is 0.478. The molecule has 0 aliphatic heterocycles. The Bertz CT molecular complexity index is 794. The number of phenols is 1. The number of rotatable bonds is 4. The Balaban J connectivity index is 2.18. The average Bonchev–Trinajstić information content (AvgIpc) is 2.63. The molecule has 1 fully saturated rings. The third-order valence-electron chi connectivity index (χ3n) is 5.69. The number of hydrogen-bond acceptors (Lipinski definition) is 2. The van der Waals surface area contributed by atoms with Crippen molar-refractivity contribution in [3.63, 3.8) is 0 Å². The van der Waals surface area contributed by atoms with E-state index in [0.717, 1.165) is 36.6 Å². The number of nitrogen functional groups attached to an aromatic ring is 1. The molecule has 1 aliphatic carbocycles. The summed E-state index contributed by atoms with van der Waals surface area (Å²) in [5.41, 5.74) is 12.0. The Morgan fingerprint density at radius 1 is 1.20 bits per heavy atom. The largest absolute Gasteiger partial charge is 0.505 e. The number of aromatic hydroxyl groups is 1. The molecule has 1 saturated carbocycles. The van der Waals surface area contributed by atoms with Crippen molar-refractivity contribution in [1.29, 1.82) is 0 Å². The van der Waals surface area contributed by atoms with E-state index in [-0.39, 0.29) is 0 Å². The van der Waals surface area contributed by atoms with Crippen molar-refractivity contribution in [2.45, 2.75) is 71.6 Å². The number of anilines is 1. The summed E-state index contributed by atoms with van der Waals surface area (Å²) in [5, 5.41) is 13.1. The molecule has 2 heteroatoms. The number of aryl methyl sites for hydroxylation is 1. The number of nitrogens with two attached hydrogens (primary N) is 1. The van der Waals surface area contributed by atoms with Crippen molar-refractivity contribution in [2.24, 2.45) is 0 Å². The van der Waals surface area contributed by atoms with Gasteiger partial charge in [0.05, 0.1) is 5.69 Å². The van der Waals surface area contributed by atoms with Gasteiger partial charge >= 0.3 is 0 Å². The molecule has 0 unspecified atom stereocenters. The summed E-state index contributed by atoms with van der Waals surface area (Å²) in [6.07, 6.45) is 10.2. The van der Waals surface area contributed by atoms with E-state index in [4.69, 9.17) is 5.73 Å². The van der Waals surface area contributed by atoms with Crippen molar-refractivity contribution in [3.8, 4) is 5.75 Å². The first kappa shape index (κ1) is 17.8. The van der Waals surface area contributed by atoms with E-state index < -0.39 is 0 Å². The van der Waals surface area contributed by atoms with Crippen LogP contribution >= 0.6 is 0 Å². The zero-order valence-electron chi connectivity index (χ0n) is 15.9. The second kappa shape index (κ2) is 7.51. The van der Waals surface area contributed by atoms with Gasteiger partial charge in [0.15, 0.2) is 0 Å². The Morgan fingerprint density at radius 2 is 1.92 bits per heavy atom. The van der Waals surface area contributed by atoms with E-state index >= 15 is 0 Å². The predicted molar refractivity (Wildman–Crippen MR) is 108 cm³/mol. The third kappa shape index (κ3) is 3.53. The molecule has 0 spiro atoms. The van der Waals surface area contributed by atoms with E-state index in [1.165, 1.54) is 41.3 Å². The van der Waals surface area contributed by atoms with Crippen molar-refractivity contribution in [3.05, 3.63) is 46.5 Å². The van der Waals surface area contributed by atoms with Crippen LogP contribution in [0.25, 0.3) is 10.8 Å². The minimum atomic E-state index is 0.325. The quantitative estimate of drug-likeness (QED) is 0.394. The van der Waals surface area contributed by atoms with Crippen LogP contribution in [0.1, 0.15) is 75.5 Å². The van der Waals surface area contributed by atoms with Crippen LogP contribution < -0.4 is 5.73 Å². The van der Waals surface area contributed by atoms with Crippen LogP contribution in [-0.2, 0) is 12.8 Å². The Labute approximate surface area is 151 Å². The van der Waals surface area contributed by atoms with Gasteiger partial charge in [0.2, 0.25) is 0 Å². The number of hydrogen-bond donors (Lipinski definition) is 2. The van der Waals surface area contributed by atoms with Crippen LogP contribution in [0.3, 0.4) is 0 Å². The average molecular weight is 338 g/mol. The van der Waals surface area contributed by atoms with Crippen molar-refractivity contribution in [2.75, 3.05) is 5.73 Å². The molecule has 0 saturated heterocycles. The van der Waals surface area contributed by atoms with Gasteiger partial charge in [-0.1, -0.05) is 50.0 Å². The number of phenolic OH excluding ortho intramolecular Hbond substituents is 1. The number of benzene rings is 2. The van der Waals surface area contributed by atoms with Crippen LogP contribution in [0.15, 0.2) is 29.8 Å². The molecule has 25 heavy (non-hydrogen) atoms. The summed E-state index contributed by atoms with van der Waals surface area (Å²) in [6, 6.07) is 6.61. The van der Waals surface area contributed by atoms with E-state index in [1.54, 1.807) is 0 Å². The highest BCUT2D eigenvalue weighted by Crippen LogP contribution is 2.44. The zero-order valence-corrected chi connectivity index (χ0v) is 15.9. The first-order valence-electron chi connectivity index (χ1n) is 9.72. The summed E-state index contributed by atoms with van der Waals surface area (Å²) < 4.78 is 0. The van der Waals surface area contributed by atoms with Gasteiger partial charge in [-0.05, 0) is 73.6 Å². The lowest BCUT2D eigenvalue weighted by Gasteiger charge is -2.25. The maximum atomic E-state index is 10.9. The fourth-order valence-corrected chi connectivity index (χ4v) is 4.25. The van der Waals surface area contributed by atoms with Gasteiger partial charge in [0, 0.05) is 5.39 Å². The van der Waals surface area contributed by atoms with Crippen molar-refractivity contribution >= 4 is 16.5 Å². The Kier molecular flexibility index (Phi) is 5.36. The summed E-state index contributed by atoms with van der Waals surface area (Å²) in [6.45, 7) is 6.43. The smallest absolute Gasteiger partial charge is 0.142 e. The van der Waals surface area contributed by atoms with Crippen molar-refractivity contribution in [1.82, 2.24) is 0 Å². The highest BCUT2D eigenvalue weighted by atomic mass is 16.3. The zero-order chi connectivity index (χ0) is 18.0. The Morgan fingerprint density at radius 3 is 2.56 bits per heavy atom. The van der Waals surface area contributed by atoms with E-state index in [2.05, 4.69) is 45.0 Å². The first-order valence-corrected chi connectivity index (χ1v) is 9.72. The number of fused-ring (bicyclic) bond motifs is 1. The normalized spacial score (nSPS) is 15.5. The molecule has 3 rings (SSSR count). The van der Waals surface area contributed by atoms with Gasteiger partial charge < -0.3 is 10.8 Å². The molecule has 2 nitrogen and oxygen atoms in total. The molecular formula is C23H31NO. The molecule has 0 radical (unpaired) electrons. The molecule has 0 bridgehead atoms. The molecule has 0 aromatic heterocycles. The highest BCUT2D eigenvalue weighted by Gasteiger charge is 2.22. The van der Waals surface area contributed by atoms with Gasteiger partial charge in [0.25, 0.3) is 0 Å². The second-order valence-electron chi connectivity index (χ2n) is 7.70. The van der Waals surface area contributed by atoms with Crippen LogP contribution in [-0.4, -0.2) is 5.11 Å². The summed E-state index contributed by atoms with van der Waals surface area (Å²) in [7, 11) is 0. The van der Waals surface area contributed by atoms with Gasteiger partial charge in [-0.25, -0.2) is 0 Å². The molecule has 2 aromatic rings. The predicted octanol–water partition coefficient (Wildman–Crippen LogP) is 6.25. The molecular weight excluding hydrogens is 306 g/mol. The summed E-state index contributed by atoms with van der Waals surface area (Å²) in [4.78, 5) is 0. The molecule has 0 amide bonds. The Hall–Kier alpha value is -1.96. The summed E-state index contributed by atoms with van der Waals surface area (Å²) in [5.74, 6) is 0.777. The van der Waals surface area contributed by atoms with Gasteiger partial charge in [0.1, 0.15) is 5.75 Å². The molecule has 2 aromatic carbocycles. The monoisotopic (exact) mass is 337 g/mol. The SMILES string of the molecule is CCc1ccc2cc(C3CCCCC3)c(O)c(N)c2c1CC=C(C)C. The van der Waals surface area contributed by atoms with Gasteiger partial charge in [-0.2, -0.15) is 0 Å². The minimum Gasteiger partial charge on any atom is -0.505 e. The number of allylic oxidation sites excluding steroid dienone is 2. The highest BCUT2D eigenvalue weighted by molar-refractivity contribution is 6.00. The first-order chi connectivity index (χ1) is 12.0. The minimum absolute atomic E-state index is 0.325. The standard InChI is InChI=1S/C23H31NO/c1-4-16-11-12-18-14-20(17-8-6-5-7-9-17)23(25)22(24)21(18)19(16)13-10-15(2)3/h10-12,14,17,25H,4-9,13,24H2,1-3H3. The second-order valence-corrected chi connectivity index (χ2v) is 7.70. The van der Waals surface area contributed by atoms with Crippen LogP contribution in [0.2, 0.25) is 0 Å². The van der Waals surface area contributed by atoms with Gasteiger partial charge in [-0.3, -0.25) is 0 Å². The maximum Gasteiger partial charge on any atom is 0.142 e. The third-order valence-corrected chi connectivity index (χ3v) is 5.69. The maximum absolute atomic E-state index is 10.9. The van der Waals surface area contributed by atoms with E-state index in [9.17, 15) is 5.11 Å². The van der Waals surface area contributed by atoms with Crippen LogP contribution in [0.4, 0.5) is 5.69 Å². The molecule has 0 heterocycles. The molecule has 1 aliphatic rings. The molecule has 3 N–H and O–H groups in total. The molecule has 134 valence electrons. The van der Waals surface area contributed by atoms with Crippen LogP contribution in [0.5, 0.6) is 5.75 Å². The lowest BCUT2D eigenvalue weighted by Crippen LogP contribution is -2.07.